The van der Waals surface area contributed by atoms with Crippen LogP contribution in [0.3, 0.4) is 0 Å². The van der Waals surface area contributed by atoms with Crippen molar-refractivity contribution < 1.29 is 14.6 Å². The predicted octanol–water partition coefficient (Wildman–Crippen LogP) is 3.24. The van der Waals surface area contributed by atoms with Crippen molar-refractivity contribution in [1.82, 2.24) is 4.90 Å². The van der Waals surface area contributed by atoms with Gasteiger partial charge in [-0.3, -0.25) is 0 Å². The van der Waals surface area contributed by atoms with E-state index in [0.717, 1.165) is 5.56 Å². The fourth-order valence-electron chi connectivity index (χ4n) is 1.85. The summed E-state index contributed by atoms with van der Waals surface area (Å²) >= 11 is 0. The average Bonchev–Trinajstić information content (AvgIpc) is 2.51. The predicted molar refractivity (Wildman–Crippen MR) is 86.4 cm³/mol. The van der Waals surface area contributed by atoms with Gasteiger partial charge < -0.3 is 20.1 Å². The van der Waals surface area contributed by atoms with Gasteiger partial charge in [-0.15, -0.1) is 0 Å². The molecule has 0 radical (unpaired) electrons. The first-order valence-electron chi connectivity index (χ1n) is 7.06. The highest BCUT2D eigenvalue weighted by Gasteiger charge is 2.11. The van der Waals surface area contributed by atoms with E-state index in [9.17, 15) is 4.79 Å². The van der Waals surface area contributed by atoms with Crippen LogP contribution in [0.15, 0.2) is 48.5 Å². The number of amides is 2. The molecule has 0 aliphatic heterocycles. The van der Waals surface area contributed by atoms with Gasteiger partial charge in [-0.1, -0.05) is 29.8 Å². The number of aliphatic hydroxyl groups excluding tert-OH is 1. The maximum absolute atomic E-state index is 12.0. The molecule has 0 saturated carbocycles. The maximum atomic E-state index is 12.0. The molecule has 0 aliphatic carbocycles. The molecule has 22 heavy (non-hydrogen) atoms. The first-order valence-corrected chi connectivity index (χ1v) is 7.06. The van der Waals surface area contributed by atoms with E-state index in [4.69, 9.17) is 9.84 Å². The lowest BCUT2D eigenvalue weighted by atomic mass is 10.2. The lowest BCUT2D eigenvalue weighted by Crippen LogP contribution is -2.33. The maximum Gasteiger partial charge on any atom is 0.321 e. The fraction of sp³-hybridized carbons (Fsp3) is 0.235. The number of aliphatic hydroxyl groups is 1. The van der Waals surface area contributed by atoms with Gasteiger partial charge >= 0.3 is 6.03 Å². The first kappa shape index (κ1) is 15.9. The number of carbonyl (C=O) groups is 1. The Bertz CT molecular complexity index is 626. The third-order valence-electron chi connectivity index (χ3n) is 3.16. The van der Waals surface area contributed by atoms with Gasteiger partial charge in [0.2, 0.25) is 0 Å². The molecule has 0 heterocycles. The van der Waals surface area contributed by atoms with E-state index >= 15 is 0 Å². The molecule has 5 nitrogen and oxygen atoms in total. The van der Waals surface area contributed by atoms with E-state index in [2.05, 4.69) is 5.32 Å². The molecule has 5 heteroatoms. The molecule has 0 aliphatic rings. The summed E-state index contributed by atoms with van der Waals surface area (Å²) in [5.41, 5.74) is 1.73. The second-order valence-corrected chi connectivity index (χ2v) is 4.99. The highest BCUT2D eigenvalue weighted by molar-refractivity contribution is 5.90. The van der Waals surface area contributed by atoms with Crippen molar-refractivity contribution in [2.45, 2.75) is 6.92 Å². The van der Waals surface area contributed by atoms with Crippen molar-refractivity contribution in [3.63, 3.8) is 0 Å². The van der Waals surface area contributed by atoms with E-state index in [1.54, 1.807) is 19.2 Å². The van der Waals surface area contributed by atoms with Gasteiger partial charge in [-0.25, -0.2) is 4.79 Å². The number of urea groups is 1. The summed E-state index contributed by atoms with van der Waals surface area (Å²) in [6.07, 6.45) is 0. The number of rotatable bonds is 5. The number of nitrogens with zero attached hydrogens (tertiary/aromatic N) is 1. The van der Waals surface area contributed by atoms with Crippen molar-refractivity contribution in [3.05, 3.63) is 54.1 Å². The summed E-state index contributed by atoms with van der Waals surface area (Å²) in [6, 6.07) is 14.6. The highest BCUT2D eigenvalue weighted by atomic mass is 16.5. The average molecular weight is 300 g/mol. The number of aryl methyl sites for hydroxylation is 1. The number of para-hydroxylation sites is 2. The van der Waals surface area contributed by atoms with Gasteiger partial charge in [-0.05, 0) is 31.2 Å². The van der Waals surface area contributed by atoms with E-state index in [0.29, 0.717) is 17.2 Å². The molecule has 0 spiro atoms. The van der Waals surface area contributed by atoms with Gasteiger partial charge in [-0.2, -0.15) is 0 Å². The van der Waals surface area contributed by atoms with E-state index in [-0.39, 0.29) is 19.2 Å². The number of anilines is 1. The molecule has 2 rings (SSSR count). The Balaban J connectivity index is 2.12. The largest absolute Gasteiger partial charge is 0.455 e. The Labute approximate surface area is 130 Å². The van der Waals surface area contributed by atoms with Crippen LogP contribution in [0.25, 0.3) is 0 Å². The lowest BCUT2D eigenvalue weighted by Gasteiger charge is -2.18. The van der Waals surface area contributed by atoms with Crippen LogP contribution < -0.4 is 10.1 Å². The minimum atomic E-state index is -0.297. The quantitative estimate of drug-likeness (QED) is 0.891. The van der Waals surface area contributed by atoms with Crippen LogP contribution in [0.1, 0.15) is 5.56 Å². The van der Waals surface area contributed by atoms with Gasteiger partial charge in [0.15, 0.2) is 5.75 Å². The second-order valence-electron chi connectivity index (χ2n) is 4.99. The van der Waals surface area contributed by atoms with Crippen LogP contribution in [-0.2, 0) is 0 Å². The third-order valence-corrected chi connectivity index (χ3v) is 3.16. The Morgan fingerprint density at radius 2 is 1.86 bits per heavy atom. The van der Waals surface area contributed by atoms with Crippen molar-refractivity contribution in [2.24, 2.45) is 0 Å². The van der Waals surface area contributed by atoms with Crippen molar-refractivity contribution in [2.75, 3.05) is 25.5 Å². The summed E-state index contributed by atoms with van der Waals surface area (Å²) < 4.78 is 5.82. The summed E-state index contributed by atoms with van der Waals surface area (Å²) in [6.45, 7) is 2.20. The number of ether oxygens (including phenoxy) is 1. The van der Waals surface area contributed by atoms with Crippen LogP contribution in [0, 0.1) is 6.92 Å². The molecule has 116 valence electrons. The fourth-order valence-corrected chi connectivity index (χ4v) is 1.85. The van der Waals surface area contributed by atoms with Crippen molar-refractivity contribution in [3.8, 4) is 11.5 Å². The molecular formula is C17H20N2O3. The number of hydrogen-bond donors (Lipinski definition) is 2. The first-order chi connectivity index (χ1) is 10.6. The van der Waals surface area contributed by atoms with Crippen LogP contribution in [0.4, 0.5) is 10.5 Å². The summed E-state index contributed by atoms with van der Waals surface area (Å²) in [5.74, 6) is 1.27. The Morgan fingerprint density at radius 1 is 1.18 bits per heavy atom. The number of likely N-dealkylation sites (N-methyl/N-ethyl adjacent to an activating group) is 1. The minimum absolute atomic E-state index is 0.0779. The van der Waals surface area contributed by atoms with Crippen molar-refractivity contribution >= 4 is 11.7 Å². The lowest BCUT2D eigenvalue weighted by molar-refractivity contribution is 0.202. The molecule has 2 amide bonds. The molecule has 0 atom stereocenters. The molecule has 0 saturated heterocycles. The standard InChI is InChI=1S/C17H20N2O3/c1-13-7-9-14(10-8-13)22-16-6-4-3-5-15(16)18-17(21)19(2)11-12-20/h3-10,20H,11-12H2,1-2H3,(H,18,21). The topological polar surface area (TPSA) is 61.8 Å². The molecule has 2 aromatic carbocycles. The molecule has 0 bridgehead atoms. The monoisotopic (exact) mass is 300 g/mol. The zero-order valence-corrected chi connectivity index (χ0v) is 12.7. The summed E-state index contributed by atoms with van der Waals surface area (Å²) in [4.78, 5) is 13.4. The summed E-state index contributed by atoms with van der Waals surface area (Å²) in [5, 5.41) is 11.7. The Kier molecular flexibility index (Phi) is 5.38. The van der Waals surface area contributed by atoms with Gasteiger partial charge in [0, 0.05) is 13.6 Å². The smallest absolute Gasteiger partial charge is 0.321 e. The van der Waals surface area contributed by atoms with Gasteiger partial charge in [0.1, 0.15) is 5.75 Å². The Morgan fingerprint density at radius 3 is 2.55 bits per heavy atom. The normalized spacial score (nSPS) is 10.1. The van der Waals surface area contributed by atoms with Crippen LogP contribution in [-0.4, -0.2) is 36.2 Å². The van der Waals surface area contributed by atoms with Crippen LogP contribution in [0.2, 0.25) is 0 Å². The summed E-state index contributed by atoms with van der Waals surface area (Å²) in [7, 11) is 1.62. The number of hydrogen-bond acceptors (Lipinski definition) is 3. The van der Waals surface area contributed by atoms with Crippen LogP contribution in [0.5, 0.6) is 11.5 Å². The SMILES string of the molecule is Cc1ccc(Oc2ccccc2NC(=O)N(C)CCO)cc1. The van der Waals surface area contributed by atoms with Crippen molar-refractivity contribution in [1.29, 1.82) is 0 Å². The Hall–Kier alpha value is -2.53. The molecular weight excluding hydrogens is 280 g/mol. The zero-order valence-electron chi connectivity index (χ0n) is 12.7. The number of benzene rings is 2. The minimum Gasteiger partial charge on any atom is -0.455 e. The van der Waals surface area contributed by atoms with Gasteiger partial charge in [0.25, 0.3) is 0 Å². The second kappa shape index (κ2) is 7.47. The molecule has 2 aromatic rings. The molecule has 0 unspecified atom stereocenters. The van der Waals surface area contributed by atoms with E-state index in [1.165, 1.54) is 4.90 Å². The molecule has 0 aromatic heterocycles. The highest BCUT2D eigenvalue weighted by Crippen LogP contribution is 2.29. The number of carbonyl (C=O) groups excluding carboxylic acids is 1. The van der Waals surface area contributed by atoms with Crippen LogP contribution >= 0.6 is 0 Å². The molecule has 0 fully saturated rings. The third kappa shape index (κ3) is 4.23. The van der Waals surface area contributed by atoms with Gasteiger partial charge in [0.05, 0.1) is 12.3 Å². The zero-order chi connectivity index (χ0) is 15.9. The van der Waals surface area contributed by atoms with E-state index < -0.39 is 0 Å². The molecule has 2 N–H and O–H groups in total. The van der Waals surface area contributed by atoms with E-state index in [1.807, 2.05) is 43.3 Å². The number of nitrogens with one attached hydrogen (secondary N) is 1.